The lowest BCUT2D eigenvalue weighted by Crippen LogP contribution is -2.25. The maximum atomic E-state index is 6.13. The quantitative estimate of drug-likeness (QED) is 0.744. The van der Waals surface area contributed by atoms with E-state index in [2.05, 4.69) is 45.0 Å². The summed E-state index contributed by atoms with van der Waals surface area (Å²) >= 11 is 0. The van der Waals surface area contributed by atoms with Gasteiger partial charge < -0.3 is 15.2 Å². The molecule has 0 bridgehead atoms. The number of ether oxygens (including phenoxy) is 2. The molecule has 0 aliphatic heterocycles. The monoisotopic (exact) mass is 279 g/mol. The van der Waals surface area contributed by atoms with Gasteiger partial charge in [0.25, 0.3) is 0 Å². The fourth-order valence-electron chi connectivity index (χ4n) is 2.02. The lowest BCUT2D eigenvalue weighted by atomic mass is 9.86. The molecule has 1 aromatic carbocycles. The summed E-state index contributed by atoms with van der Waals surface area (Å²) in [5, 5.41) is 0. The van der Waals surface area contributed by atoms with E-state index < -0.39 is 0 Å². The van der Waals surface area contributed by atoms with Crippen molar-refractivity contribution in [1.29, 1.82) is 0 Å². The molecule has 1 aromatic rings. The van der Waals surface area contributed by atoms with Gasteiger partial charge in [-0.3, -0.25) is 0 Å². The van der Waals surface area contributed by atoms with Crippen LogP contribution in [-0.4, -0.2) is 33.0 Å². The van der Waals surface area contributed by atoms with Crippen molar-refractivity contribution < 1.29 is 9.47 Å². The second kappa shape index (κ2) is 8.40. The van der Waals surface area contributed by atoms with Crippen molar-refractivity contribution in [3.8, 4) is 0 Å². The first-order valence-electron chi connectivity index (χ1n) is 7.35. The van der Waals surface area contributed by atoms with Crippen LogP contribution in [0.15, 0.2) is 24.3 Å². The standard InChI is InChI=1S/C17H29NO2/c1-17(2,3)15-7-5-14(6-8-15)13-16(18)9-10-20-12-11-19-4/h5-8,16H,9-13,18H2,1-4H3. The molecule has 0 saturated carbocycles. The van der Waals surface area contributed by atoms with E-state index in [0.29, 0.717) is 19.8 Å². The van der Waals surface area contributed by atoms with Crippen LogP contribution in [0.2, 0.25) is 0 Å². The summed E-state index contributed by atoms with van der Waals surface area (Å²) in [6, 6.07) is 8.94. The van der Waals surface area contributed by atoms with E-state index in [1.54, 1.807) is 7.11 Å². The molecule has 0 heterocycles. The third-order valence-corrected chi connectivity index (χ3v) is 3.38. The maximum Gasteiger partial charge on any atom is 0.0700 e. The van der Waals surface area contributed by atoms with Crippen molar-refractivity contribution in [1.82, 2.24) is 0 Å². The Labute approximate surface area is 123 Å². The largest absolute Gasteiger partial charge is 0.382 e. The molecule has 1 rings (SSSR count). The van der Waals surface area contributed by atoms with Gasteiger partial charge in [-0.15, -0.1) is 0 Å². The first-order chi connectivity index (χ1) is 9.43. The van der Waals surface area contributed by atoms with Gasteiger partial charge in [0.05, 0.1) is 13.2 Å². The predicted octanol–water partition coefficient (Wildman–Crippen LogP) is 2.91. The molecule has 0 spiro atoms. The molecular formula is C17H29NO2. The van der Waals surface area contributed by atoms with Crippen LogP contribution >= 0.6 is 0 Å². The second-order valence-electron chi connectivity index (χ2n) is 6.30. The van der Waals surface area contributed by atoms with Crippen LogP contribution in [-0.2, 0) is 21.3 Å². The molecule has 0 aromatic heterocycles. The first-order valence-corrected chi connectivity index (χ1v) is 7.35. The molecule has 3 nitrogen and oxygen atoms in total. The highest BCUT2D eigenvalue weighted by Gasteiger charge is 2.13. The minimum Gasteiger partial charge on any atom is -0.382 e. The van der Waals surface area contributed by atoms with Gasteiger partial charge in [0, 0.05) is 19.8 Å². The Kier molecular flexibility index (Phi) is 7.20. The number of rotatable bonds is 8. The Balaban J connectivity index is 2.33. The summed E-state index contributed by atoms with van der Waals surface area (Å²) < 4.78 is 10.4. The van der Waals surface area contributed by atoms with Crippen molar-refractivity contribution in [2.24, 2.45) is 5.73 Å². The van der Waals surface area contributed by atoms with E-state index >= 15 is 0 Å². The highest BCUT2D eigenvalue weighted by molar-refractivity contribution is 5.27. The van der Waals surface area contributed by atoms with Crippen LogP contribution in [0.5, 0.6) is 0 Å². The smallest absolute Gasteiger partial charge is 0.0700 e. The Bertz CT molecular complexity index is 368. The molecule has 0 radical (unpaired) electrons. The van der Waals surface area contributed by atoms with Gasteiger partial charge in [-0.05, 0) is 29.4 Å². The minimum atomic E-state index is 0.151. The highest BCUT2D eigenvalue weighted by atomic mass is 16.5. The molecule has 0 fully saturated rings. The van der Waals surface area contributed by atoms with Crippen LogP contribution in [0.3, 0.4) is 0 Å². The fraction of sp³-hybridized carbons (Fsp3) is 0.647. The highest BCUT2D eigenvalue weighted by Crippen LogP contribution is 2.22. The summed E-state index contributed by atoms with van der Waals surface area (Å²) in [5.74, 6) is 0. The third-order valence-electron chi connectivity index (χ3n) is 3.38. The number of nitrogens with two attached hydrogens (primary N) is 1. The Hall–Kier alpha value is -0.900. The van der Waals surface area contributed by atoms with Gasteiger partial charge in [0.2, 0.25) is 0 Å². The fourth-order valence-corrected chi connectivity index (χ4v) is 2.02. The number of methoxy groups -OCH3 is 1. The van der Waals surface area contributed by atoms with Gasteiger partial charge in [0.1, 0.15) is 0 Å². The first kappa shape index (κ1) is 17.2. The van der Waals surface area contributed by atoms with E-state index in [-0.39, 0.29) is 11.5 Å². The van der Waals surface area contributed by atoms with Crippen molar-refractivity contribution in [3.63, 3.8) is 0 Å². The van der Waals surface area contributed by atoms with Crippen LogP contribution in [0, 0.1) is 0 Å². The maximum absolute atomic E-state index is 6.13. The number of benzene rings is 1. The molecular weight excluding hydrogens is 250 g/mol. The van der Waals surface area contributed by atoms with Crippen LogP contribution in [0.1, 0.15) is 38.3 Å². The Morgan fingerprint density at radius 1 is 1.05 bits per heavy atom. The lowest BCUT2D eigenvalue weighted by molar-refractivity contribution is 0.0672. The van der Waals surface area contributed by atoms with Crippen molar-refractivity contribution >= 4 is 0 Å². The van der Waals surface area contributed by atoms with E-state index in [0.717, 1.165) is 12.8 Å². The molecule has 114 valence electrons. The van der Waals surface area contributed by atoms with Crippen molar-refractivity contribution in [2.75, 3.05) is 26.9 Å². The van der Waals surface area contributed by atoms with Gasteiger partial charge in [-0.25, -0.2) is 0 Å². The summed E-state index contributed by atoms with van der Waals surface area (Å²) in [7, 11) is 1.68. The van der Waals surface area contributed by atoms with Gasteiger partial charge in [0.15, 0.2) is 0 Å². The molecule has 1 atom stereocenters. The average molecular weight is 279 g/mol. The SMILES string of the molecule is COCCOCCC(N)Cc1ccc(C(C)(C)C)cc1. The second-order valence-corrected chi connectivity index (χ2v) is 6.30. The lowest BCUT2D eigenvalue weighted by Gasteiger charge is -2.19. The minimum absolute atomic E-state index is 0.151. The van der Waals surface area contributed by atoms with Crippen LogP contribution in [0.4, 0.5) is 0 Å². The van der Waals surface area contributed by atoms with Crippen LogP contribution in [0.25, 0.3) is 0 Å². The molecule has 2 N–H and O–H groups in total. The zero-order valence-corrected chi connectivity index (χ0v) is 13.3. The zero-order valence-electron chi connectivity index (χ0n) is 13.3. The molecule has 0 saturated heterocycles. The molecule has 0 aliphatic rings. The van der Waals surface area contributed by atoms with Crippen molar-refractivity contribution in [2.45, 2.75) is 45.1 Å². The normalized spacial score (nSPS) is 13.4. The summed E-state index contributed by atoms with van der Waals surface area (Å²) in [6.45, 7) is 8.67. The zero-order chi connectivity index (χ0) is 15.0. The number of hydrogen-bond acceptors (Lipinski definition) is 3. The van der Waals surface area contributed by atoms with E-state index in [9.17, 15) is 0 Å². The van der Waals surface area contributed by atoms with E-state index in [4.69, 9.17) is 15.2 Å². The van der Waals surface area contributed by atoms with Crippen molar-refractivity contribution in [3.05, 3.63) is 35.4 Å². The molecule has 20 heavy (non-hydrogen) atoms. The third kappa shape index (κ3) is 6.51. The van der Waals surface area contributed by atoms with Gasteiger partial charge in [-0.1, -0.05) is 45.0 Å². The van der Waals surface area contributed by atoms with E-state index in [1.165, 1.54) is 11.1 Å². The summed E-state index contributed by atoms with van der Waals surface area (Å²) in [4.78, 5) is 0. The topological polar surface area (TPSA) is 44.5 Å². The Morgan fingerprint density at radius 3 is 2.25 bits per heavy atom. The molecule has 0 amide bonds. The van der Waals surface area contributed by atoms with Gasteiger partial charge >= 0.3 is 0 Å². The van der Waals surface area contributed by atoms with Gasteiger partial charge in [-0.2, -0.15) is 0 Å². The predicted molar refractivity (Wildman–Crippen MR) is 84.1 cm³/mol. The molecule has 0 aliphatic carbocycles. The molecule has 1 unspecified atom stereocenters. The number of hydrogen-bond donors (Lipinski definition) is 1. The average Bonchev–Trinajstić information content (AvgIpc) is 2.38. The van der Waals surface area contributed by atoms with E-state index in [1.807, 2.05) is 0 Å². The van der Waals surface area contributed by atoms with Crippen LogP contribution < -0.4 is 5.73 Å². The Morgan fingerprint density at radius 2 is 1.70 bits per heavy atom. The molecule has 3 heteroatoms. The summed E-state index contributed by atoms with van der Waals surface area (Å²) in [6.07, 6.45) is 1.78. The summed E-state index contributed by atoms with van der Waals surface area (Å²) in [5.41, 5.74) is 8.99.